The summed E-state index contributed by atoms with van der Waals surface area (Å²) < 4.78 is 5.17. The zero-order chi connectivity index (χ0) is 14.1. The van der Waals surface area contributed by atoms with Crippen LogP contribution in [0.4, 0.5) is 5.69 Å². The lowest BCUT2D eigenvalue weighted by Crippen LogP contribution is -2.19. The van der Waals surface area contributed by atoms with Gasteiger partial charge in [0.15, 0.2) is 0 Å². The van der Waals surface area contributed by atoms with Gasteiger partial charge in [0.1, 0.15) is 6.61 Å². The van der Waals surface area contributed by atoms with Crippen molar-refractivity contribution in [2.24, 2.45) is 5.73 Å². The molecule has 0 fully saturated rings. The maximum absolute atomic E-state index is 11.7. The maximum atomic E-state index is 11.7. The van der Waals surface area contributed by atoms with Crippen LogP contribution in [0.1, 0.15) is 18.9 Å². The van der Waals surface area contributed by atoms with Gasteiger partial charge in [-0.05, 0) is 24.6 Å². The number of benzene rings is 1. The first-order chi connectivity index (χ1) is 9.17. The average molecular weight is 281 g/mol. The zero-order valence-electron chi connectivity index (χ0n) is 10.8. The van der Waals surface area contributed by atoms with E-state index in [-0.39, 0.29) is 19.1 Å². The van der Waals surface area contributed by atoms with Crippen LogP contribution >= 0.6 is 11.6 Å². The number of nitrogens with two attached hydrogens (primary N) is 1. The number of carbonyl (C=O) groups is 1. The van der Waals surface area contributed by atoms with Crippen LogP contribution < -0.4 is 11.1 Å². The third-order valence-electron chi connectivity index (χ3n) is 2.16. The maximum Gasteiger partial charge on any atom is 0.250 e. The van der Waals surface area contributed by atoms with Crippen LogP contribution in [0, 0.1) is 11.8 Å². The van der Waals surface area contributed by atoms with Gasteiger partial charge in [-0.2, -0.15) is 0 Å². The average Bonchev–Trinajstić information content (AvgIpc) is 2.38. The number of anilines is 1. The number of nitrogens with one attached hydrogen (secondary N) is 1. The molecule has 1 aromatic rings. The quantitative estimate of drug-likeness (QED) is 0.641. The predicted molar refractivity (Wildman–Crippen MR) is 77.1 cm³/mol. The molecule has 0 aliphatic rings. The summed E-state index contributed by atoms with van der Waals surface area (Å²) >= 11 is 5.91. The van der Waals surface area contributed by atoms with Gasteiger partial charge in [-0.15, -0.1) is 0 Å². The summed E-state index contributed by atoms with van der Waals surface area (Å²) in [6.07, 6.45) is 0.873. The highest BCUT2D eigenvalue weighted by Crippen LogP contribution is 2.20. The molecular weight excluding hydrogens is 264 g/mol. The van der Waals surface area contributed by atoms with Gasteiger partial charge in [-0.25, -0.2) is 0 Å². The zero-order valence-corrected chi connectivity index (χ0v) is 11.6. The van der Waals surface area contributed by atoms with E-state index in [0.717, 1.165) is 6.42 Å². The minimum absolute atomic E-state index is 0.0180. The summed E-state index contributed by atoms with van der Waals surface area (Å²) in [5, 5.41) is 3.26. The second-order valence-electron chi connectivity index (χ2n) is 3.80. The van der Waals surface area contributed by atoms with Crippen LogP contribution in [0.15, 0.2) is 18.2 Å². The number of rotatable bonds is 5. The second-order valence-corrected chi connectivity index (χ2v) is 4.23. The number of hydrogen-bond donors (Lipinski definition) is 2. The van der Waals surface area contributed by atoms with Gasteiger partial charge in [-0.3, -0.25) is 4.79 Å². The van der Waals surface area contributed by atoms with Crippen molar-refractivity contribution < 1.29 is 9.53 Å². The second kappa shape index (κ2) is 8.54. The van der Waals surface area contributed by atoms with E-state index >= 15 is 0 Å². The lowest BCUT2D eigenvalue weighted by atomic mass is 10.2. The lowest BCUT2D eigenvalue weighted by Gasteiger charge is -2.08. The Morgan fingerprint density at radius 3 is 3.00 bits per heavy atom. The molecule has 0 saturated heterocycles. The molecule has 0 radical (unpaired) electrons. The Balaban J connectivity index is 2.75. The Labute approximate surface area is 118 Å². The van der Waals surface area contributed by atoms with Gasteiger partial charge in [0.05, 0.1) is 12.2 Å². The number of halogens is 1. The topological polar surface area (TPSA) is 64.3 Å². The minimum atomic E-state index is -0.230. The molecule has 0 atom stereocenters. The highest BCUT2D eigenvalue weighted by molar-refractivity contribution is 6.31. The molecule has 1 amide bonds. The smallest absolute Gasteiger partial charge is 0.250 e. The summed E-state index contributed by atoms with van der Waals surface area (Å²) in [7, 11) is 0. The number of ether oxygens (including phenoxy) is 1. The van der Waals surface area contributed by atoms with Crippen LogP contribution in [-0.2, 0) is 9.53 Å². The van der Waals surface area contributed by atoms with Gasteiger partial charge in [-0.1, -0.05) is 30.4 Å². The Morgan fingerprint density at radius 1 is 1.53 bits per heavy atom. The summed E-state index contributed by atoms with van der Waals surface area (Å²) in [5.41, 5.74) is 6.58. The Kier molecular flexibility index (Phi) is 6.98. The molecule has 0 spiro atoms. The van der Waals surface area contributed by atoms with Gasteiger partial charge in [0.2, 0.25) is 5.91 Å². The van der Waals surface area contributed by atoms with Crippen LogP contribution in [-0.4, -0.2) is 25.7 Å². The SMILES string of the molecule is CCCOCC(=O)Nc1cc(Cl)ccc1C#CCN. The van der Waals surface area contributed by atoms with Crippen molar-refractivity contribution in [1.82, 2.24) is 0 Å². The van der Waals surface area contributed by atoms with Crippen molar-refractivity contribution in [3.05, 3.63) is 28.8 Å². The van der Waals surface area contributed by atoms with Crippen LogP contribution in [0.5, 0.6) is 0 Å². The van der Waals surface area contributed by atoms with Crippen molar-refractivity contribution in [3.63, 3.8) is 0 Å². The van der Waals surface area contributed by atoms with E-state index in [4.69, 9.17) is 22.1 Å². The normalized spacial score (nSPS) is 9.63. The number of carbonyl (C=O) groups excluding carboxylic acids is 1. The molecule has 0 aliphatic heterocycles. The standard InChI is InChI=1S/C14H17ClN2O2/c1-2-8-19-10-14(18)17-13-9-12(15)6-5-11(13)4-3-7-16/h5-6,9H,2,7-8,10,16H2,1H3,(H,17,18). The van der Waals surface area contributed by atoms with Crippen LogP contribution in [0.25, 0.3) is 0 Å². The monoisotopic (exact) mass is 280 g/mol. The first kappa shape index (κ1) is 15.5. The third kappa shape index (κ3) is 5.75. The van der Waals surface area contributed by atoms with Gasteiger partial charge >= 0.3 is 0 Å². The Hall–Kier alpha value is -1.54. The van der Waals surface area contributed by atoms with E-state index in [1.807, 2.05) is 6.92 Å². The lowest BCUT2D eigenvalue weighted by molar-refractivity contribution is -0.120. The fraction of sp³-hybridized carbons (Fsp3) is 0.357. The summed E-state index contributed by atoms with van der Waals surface area (Å²) in [6.45, 7) is 2.82. The van der Waals surface area contributed by atoms with Crippen molar-refractivity contribution in [2.45, 2.75) is 13.3 Å². The van der Waals surface area contributed by atoms with Crippen molar-refractivity contribution in [1.29, 1.82) is 0 Å². The van der Waals surface area contributed by atoms with E-state index in [2.05, 4.69) is 17.2 Å². The van der Waals surface area contributed by atoms with Crippen molar-refractivity contribution >= 4 is 23.2 Å². The Morgan fingerprint density at radius 2 is 2.32 bits per heavy atom. The molecule has 0 aromatic heterocycles. The predicted octanol–water partition coefficient (Wildman–Crippen LogP) is 2.02. The van der Waals surface area contributed by atoms with Gasteiger partial charge in [0, 0.05) is 17.2 Å². The van der Waals surface area contributed by atoms with E-state index in [1.165, 1.54) is 0 Å². The highest BCUT2D eigenvalue weighted by atomic mass is 35.5. The van der Waals surface area contributed by atoms with Gasteiger partial charge in [0.25, 0.3) is 0 Å². The summed E-state index contributed by atoms with van der Waals surface area (Å²) in [5.74, 6) is 5.40. The molecule has 19 heavy (non-hydrogen) atoms. The van der Waals surface area contributed by atoms with E-state index in [0.29, 0.717) is 22.9 Å². The van der Waals surface area contributed by atoms with E-state index in [1.54, 1.807) is 18.2 Å². The van der Waals surface area contributed by atoms with Crippen molar-refractivity contribution in [3.8, 4) is 11.8 Å². The molecule has 3 N–H and O–H groups in total. The molecule has 1 rings (SSSR count). The van der Waals surface area contributed by atoms with Crippen molar-refractivity contribution in [2.75, 3.05) is 25.1 Å². The molecule has 0 unspecified atom stereocenters. The minimum Gasteiger partial charge on any atom is -0.372 e. The molecule has 4 nitrogen and oxygen atoms in total. The summed E-state index contributed by atoms with van der Waals surface area (Å²) in [4.78, 5) is 11.7. The fourth-order valence-electron chi connectivity index (χ4n) is 1.37. The molecule has 5 heteroatoms. The summed E-state index contributed by atoms with van der Waals surface area (Å²) in [6, 6.07) is 5.11. The van der Waals surface area contributed by atoms with Crippen LogP contribution in [0.3, 0.4) is 0 Å². The third-order valence-corrected chi connectivity index (χ3v) is 2.40. The van der Waals surface area contributed by atoms with Gasteiger partial charge < -0.3 is 15.8 Å². The van der Waals surface area contributed by atoms with E-state index < -0.39 is 0 Å². The molecule has 102 valence electrons. The molecular formula is C14H17ClN2O2. The molecule has 0 aliphatic carbocycles. The first-order valence-electron chi connectivity index (χ1n) is 6.03. The molecule has 1 aromatic carbocycles. The number of hydrogen-bond acceptors (Lipinski definition) is 3. The molecule has 0 saturated carbocycles. The van der Waals surface area contributed by atoms with E-state index in [9.17, 15) is 4.79 Å². The number of amides is 1. The van der Waals surface area contributed by atoms with Crippen LogP contribution in [0.2, 0.25) is 5.02 Å². The fourth-order valence-corrected chi connectivity index (χ4v) is 1.54. The first-order valence-corrected chi connectivity index (χ1v) is 6.41. The Bertz CT molecular complexity index is 492. The molecule has 0 heterocycles. The molecule has 0 bridgehead atoms. The largest absolute Gasteiger partial charge is 0.372 e. The highest BCUT2D eigenvalue weighted by Gasteiger charge is 2.06.